The van der Waals surface area contributed by atoms with Gasteiger partial charge in [0.2, 0.25) is 5.60 Å². The van der Waals surface area contributed by atoms with E-state index >= 15 is 0 Å². The Bertz CT molecular complexity index is 1110. The lowest BCUT2D eigenvalue weighted by Gasteiger charge is -2.47. The molecule has 36 heavy (non-hydrogen) atoms. The van der Waals surface area contributed by atoms with E-state index in [4.69, 9.17) is 4.74 Å². The van der Waals surface area contributed by atoms with Crippen molar-refractivity contribution in [2.75, 3.05) is 20.1 Å². The molecular weight excluding hydrogens is 554 g/mol. The van der Waals surface area contributed by atoms with Crippen molar-refractivity contribution in [2.24, 2.45) is 11.8 Å². The third-order valence-electron chi connectivity index (χ3n) is 9.08. The van der Waals surface area contributed by atoms with Gasteiger partial charge in [-0.2, -0.15) is 0 Å². The van der Waals surface area contributed by atoms with E-state index in [-0.39, 0.29) is 23.1 Å². The summed E-state index contributed by atoms with van der Waals surface area (Å²) in [5.74, 6) is 1.14. The highest BCUT2D eigenvalue weighted by molar-refractivity contribution is 7.12. The Morgan fingerprint density at radius 3 is 2.17 bits per heavy atom. The number of aliphatic hydroxyl groups is 1. The van der Waals surface area contributed by atoms with E-state index in [0.717, 1.165) is 17.3 Å². The minimum absolute atomic E-state index is 0. The Hall–Kier alpha value is -1.51. The number of hydrogen-bond acceptors (Lipinski definition) is 5. The third kappa shape index (κ3) is 4.41. The van der Waals surface area contributed by atoms with Crippen LogP contribution in [-0.4, -0.2) is 47.8 Å². The zero-order chi connectivity index (χ0) is 24.0. The summed E-state index contributed by atoms with van der Waals surface area (Å²) in [4.78, 5) is 14.9. The standard InChI is InChI=1S/C29H34NO3S2.BrH/c1-30(15-13-21(14-16-30)20-7-3-2-4-8-20)27-22-11-12-23(27)24(19-22)33-28(31)29(32,25-9-5-17-34-25)26-10-6-18-35-26;/h2-10,17-18,21-24,27,32H,11-16,19H2,1H3;1H/q+1;/p-1/t21?,22-,23-,24-,27?,30?;/m1./s1. The molecule has 2 aromatic heterocycles. The summed E-state index contributed by atoms with van der Waals surface area (Å²) in [6.45, 7) is 2.37. The van der Waals surface area contributed by atoms with E-state index in [1.54, 1.807) is 0 Å². The van der Waals surface area contributed by atoms with Crippen molar-refractivity contribution in [1.29, 1.82) is 0 Å². The molecule has 6 rings (SSSR count). The fourth-order valence-corrected chi connectivity index (χ4v) is 9.08. The predicted molar refractivity (Wildman–Crippen MR) is 140 cm³/mol. The average molecular weight is 589 g/mol. The Labute approximate surface area is 232 Å². The molecule has 0 amide bonds. The normalized spacial score (nSPS) is 31.7. The van der Waals surface area contributed by atoms with Crippen LogP contribution in [0.4, 0.5) is 0 Å². The van der Waals surface area contributed by atoms with Gasteiger partial charge < -0.3 is 31.3 Å². The number of rotatable bonds is 6. The zero-order valence-electron chi connectivity index (χ0n) is 20.6. The number of fused-ring (bicyclic) bond motifs is 2. The van der Waals surface area contributed by atoms with Crippen LogP contribution >= 0.6 is 22.7 Å². The van der Waals surface area contributed by atoms with Crippen LogP contribution in [0, 0.1) is 11.8 Å². The summed E-state index contributed by atoms with van der Waals surface area (Å²) in [6, 6.07) is 18.9. The number of nitrogens with zero attached hydrogens (tertiary/aromatic N) is 1. The molecule has 7 heteroatoms. The van der Waals surface area contributed by atoms with Crippen molar-refractivity contribution < 1.29 is 36.1 Å². The highest BCUT2D eigenvalue weighted by atomic mass is 79.9. The Kier molecular flexibility index (Phi) is 7.50. The van der Waals surface area contributed by atoms with E-state index in [0.29, 0.717) is 33.5 Å². The molecule has 2 aliphatic carbocycles. The lowest BCUT2D eigenvalue weighted by atomic mass is 9.86. The largest absolute Gasteiger partial charge is 1.00 e. The van der Waals surface area contributed by atoms with Gasteiger partial charge in [-0.15, -0.1) is 22.7 Å². The van der Waals surface area contributed by atoms with Gasteiger partial charge in [0.1, 0.15) is 6.10 Å². The van der Waals surface area contributed by atoms with Crippen LogP contribution in [0.15, 0.2) is 65.4 Å². The minimum atomic E-state index is -1.72. The van der Waals surface area contributed by atoms with Crippen LogP contribution in [0.3, 0.4) is 0 Å². The van der Waals surface area contributed by atoms with E-state index < -0.39 is 11.6 Å². The molecule has 3 aliphatic rings. The molecule has 3 fully saturated rings. The Morgan fingerprint density at radius 1 is 0.944 bits per heavy atom. The van der Waals surface area contributed by atoms with E-state index in [1.807, 2.05) is 35.0 Å². The molecule has 0 radical (unpaired) electrons. The number of hydrogen-bond donors (Lipinski definition) is 1. The van der Waals surface area contributed by atoms with Gasteiger partial charge in [-0.25, -0.2) is 4.79 Å². The highest BCUT2D eigenvalue weighted by Gasteiger charge is 2.59. The number of benzene rings is 1. The number of carbonyl (C=O) groups is 1. The van der Waals surface area contributed by atoms with Gasteiger partial charge in [-0.05, 0) is 53.6 Å². The number of ether oxygens (including phenoxy) is 1. The predicted octanol–water partition coefficient (Wildman–Crippen LogP) is 2.78. The van der Waals surface area contributed by atoms with Crippen LogP contribution in [0.1, 0.15) is 53.3 Å². The number of quaternary nitrogens is 1. The average Bonchev–Trinajstić information content (AvgIpc) is 3.69. The number of thiophene rings is 2. The highest BCUT2D eigenvalue weighted by Crippen LogP contribution is 2.52. The van der Waals surface area contributed by atoms with Gasteiger partial charge in [0.05, 0.1) is 35.9 Å². The van der Waals surface area contributed by atoms with Crippen molar-refractivity contribution in [3.05, 3.63) is 80.7 Å². The monoisotopic (exact) mass is 587 g/mol. The quantitative estimate of drug-likeness (QED) is 0.356. The molecule has 3 heterocycles. The second kappa shape index (κ2) is 10.3. The lowest BCUT2D eigenvalue weighted by Crippen LogP contribution is -3.00. The maximum absolute atomic E-state index is 13.6. The lowest BCUT2D eigenvalue weighted by molar-refractivity contribution is -0.942. The van der Waals surface area contributed by atoms with Crippen LogP contribution in [-0.2, 0) is 15.1 Å². The fraction of sp³-hybridized carbons (Fsp3) is 0.483. The van der Waals surface area contributed by atoms with Gasteiger partial charge in [-0.3, -0.25) is 0 Å². The molecule has 1 aliphatic heterocycles. The molecule has 4 nitrogen and oxygen atoms in total. The summed E-state index contributed by atoms with van der Waals surface area (Å²) in [6.07, 6.45) is 5.63. The Morgan fingerprint density at radius 2 is 1.58 bits per heavy atom. The number of piperidine rings is 1. The van der Waals surface area contributed by atoms with Crippen molar-refractivity contribution >= 4 is 28.6 Å². The van der Waals surface area contributed by atoms with Crippen molar-refractivity contribution in [2.45, 2.75) is 55.8 Å². The zero-order valence-corrected chi connectivity index (χ0v) is 23.8. The molecule has 4 atom stereocenters. The maximum Gasteiger partial charge on any atom is 0.349 e. The summed E-state index contributed by atoms with van der Waals surface area (Å²) < 4.78 is 7.33. The van der Waals surface area contributed by atoms with Gasteiger partial charge >= 0.3 is 5.97 Å². The first-order valence-electron chi connectivity index (χ1n) is 12.9. The van der Waals surface area contributed by atoms with Crippen LogP contribution < -0.4 is 17.0 Å². The first kappa shape index (κ1) is 26.1. The first-order valence-corrected chi connectivity index (χ1v) is 14.7. The molecular formula is C29H34BrNO3S2. The SMILES string of the molecule is C[N+]1(C2[C@@H]3CC[C@@H]2[C@H](OC(=O)C(O)(c2cccs2)c2cccs2)C3)CCC(c2ccccc2)CC1.[Br-]. The molecule has 1 saturated heterocycles. The Balaban J connectivity index is 0.00000267. The van der Waals surface area contributed by atoms with Gasteiger partial charge in [0.25, 0.3) is 0 Å². The molecule has 192 valence electrons. The smallest absolute Gasteiger partial charge is 0.349 e. The van der Waals surface area contributed by atoms with Crippen LogP contribution in [0.5, 0.6) is 0 Å². The number of halogens is 1. The van der Waals surface area contributed by atoms with Crippen molar-refractivity contribution in [3.63, 3.8) is 0 Å². The molecule has 2 bridgehead atoms. The van der Waals surface area contributed by atoms with Crippen LogP contribution in [0.25, 0.3) is 0 Å². The van der Waals surface area contributed by atoms with Gasteiger partial charge in [-0.1, -0.05) is 42.5 Å². The summed E-state index contributed by atoms with van der Waals surface area (Å²) in [7, 11) is 2.44. The molecule has 0 spiro atoms. The summed E-state index contributed by atoms with van der Waals surface area (Å²) in [5.41, 5.74) is -0.243. The summed E-state index contributed by atoms with van der Waals surface area (Å²) in [5, 5.41) is 15.5. The van der Waals surface area contributed by atoms with Crippen molar-refractivity contribution in [1.82, 2.24) is 0 Å². The van der Waals surface area contributed by atoms with Gasteiger partial charge in [0.15, 0.2) is 0 Å². The number of esters is 1. The van der Waals surface area contributed by atoms with Crippen LogP contribution in [0.2, 0.25) is 0 Å². The molecule has 1 unspecified atom stereocenters. The third-order valence-corrected chi connectivity index (χ3v) is 11.0. The van der Waals surface area contributed by atoms with Crippen molar-refractivity contribution in [3.8, 4) is 0 Å². The second-order valence-electron chi connectivity index (χ2n) is 10.9. The molecule has 1 aromatic carbocycles. The number of carbonyl (C=O) groups excluding carboxylic acids is 1. The molecule has 3 aromatic rings. The van der Waals surface area contributed by atoms with Gasteiger partial charge in [0, 0.05) is 24.7 Å². The number of likely N-dealkylation sites (tertiary alicyclic amines) is 1. The maximum atomic E-state index is 13.6. The van der Waals surface area contributed by atoms with E-state index in [1.165, 1.54) is 60.6 Å². The molecule has 1 N–H and O–H groups in total. The first-order chi connectivity index (χ1) is 17.0. The topological polar surface area (TPSA) is 46.5 Å². The minimum Gasteiger partial charge on any atom is -1.00 e. The molecule has 2 saturated carbocycles. The second-order valence-corrected chi connectivity index (χ2v) is 12.8. The fourth-order valence-electron chi connectivity index (χ4n) is 7.37. The van der Waals surface area contributed by atoms with E-state index in [9.17, 15) is 9.90 Å². The summed E-state index contributed by atoms with van der Waals surface area (Å²) >= 11 is 2.81. The van der Waals surface area contributed by atoms with E-state index in [2.05, 4.69) is 37.4 Å².